The van der Waals surface area contributed by atoms with Gasteiger partial charge in [0.15, 0.2) is 0 Å². The second-order valence-electron chi connectivity index (χ2n) is 4.75. The first-order valence-electron chi connectivity index (χ1n) is 5.97. The number of hydrogen-bond acceptors (Lipinski definition) is 1. The largest absolute Gasteiger partial charge is 0.403 e. The van der Waals surface area contributed by atoms with Gasteiger partial charge in [0.1, 0.15) is 11.9 Å². The lowest BCUT2D eigenvalue weighted by Crippen LogP contribution is -2.46. The Kier molecular flexibility index (Phi) is 3.61. The zero-order valence-electron chi connectivity index (χ0n) is 10.0. The Hall–Kier alpha value is -1.10. The molecule has 100 valence electrons. The molecule has 1 N–H and O–H groups in total. The molecule has 1 heterocycles. The van der Waals surface area contributed by atoms with E-state index >= 15 is 0 Å². The zero-order valence-corrected chi connectivity index (χ0v) is 10.0. The Morgan fingerprint density at radius 2 is 1.94 bits per heavy atom. The van der Waals surface area contributed by atoms with Crippen molar-refractivity contribution in [1.29, 1.82) is 0 Å². The second kappa shape index (κ2) is 4.88. The third-order valence-electron chi connectivity index (χ3n) is 3.37. The van der Waals surface area contributed by atoms with E-state index in [-0.39, 0.29) is 18.3 Å². The third-order valence-corrected chi connectivity index (χ3v) is 3.37. The Bertz CT molecular complexity index is 427. The minimum Gasteiger partial charge on any atom is -0.299 e. The van der Waals surface area contributed by atoms with Gasteiger partial charge in [-0.15, -0.1) is 0 Å². The van der Waals surface area contributed by atoms with Crippen molar-refractivity contribution in [2.75, 3.05) is 0 Å². The molecule has 0 radical (unpaired) electrons. The molecule has 1 aromatic carbocycles. The predicted molar refractivity (Wildman–Crippen MR) is 60.7 cm³/mol. The van der Waals surface area contributed by atoms with Crippen LogP contribution in [0.1, 0.15) is 36.4 Å². The molecular weight excluding hydrogens is 246 g/mol. The maximum absolute atomic E-state index is 13.1. The fraction of sp³-hybridized carbons (Fsp3) is 0.538. The molecule has 1 aliphatic rings. The van der Waals surface area contributed by atoms with Gasteiger partial charge in [0.25, 0.3) is 0 Å². The van der Waals surface area contributed by atoms with Gasteiger partial charge < -0.3 is 0 Å². The molecule has 1 nitrogen and oxygen atoms in total. The number of halogens is 4. The fourth-order valence-electron chi connectivity index (χ4n) is 2.34. The average molecular weight is 261 g/mol. The number of aryl methyl sites for hydroxylation is 1. The van der Waals surface area contributed by atoms with Gasteiger partial charge in [0.2, 0.25) is 0 Å². The first kappa shape index (κ1) is 13.3. The van der Waals surface area contributed by atoms with Gasteiger partial charge >= 0.3 is 6.18 Å². The zero-order chi connectivity index (χ0) is 13.3. The summed E-state index contributed by atoms with van der Waals surface area (Å²) in [7, 11) is 0. The van der Waals surface area contributed by atoms with E-state index in [0.717, 1.165) is 5.56 Å². The molecule has 0 spiro atoms. The lowest BCUT2D eigenvalue weighted by molar-refractivity contribution is -0.163. The van der Waals surface area contributed by atoms with Crippen molar-refractivity contribution in [3.63, 3.8) is 0 Å². The normalized spacial score (nSPS) is 25.2. The van der Waals surface area contributed by atoms with Gasteiger partial charge in [-0.25, -0.2) is 4.39 Å². The van der Waals surface area contributed by atoms with Crippen LogP contribution in [0.3, 0.4) is 0 Å². The lowest BCUT2D eigenvalue weighted by atomic mass is 9.92. The van der Waals surface area contributed by atoms with E-state index in [1.807, 2.05) is 0 Å². The van der Waals surface area contributed by atoms with Crippen LogP contribution in [0, 0.1) is 12.7 Å². The van der Waals surface area contributed by atoms with Crippen molar-refractivity contribution >= 4 is 0 Å². The molecule has 1 fully saturated rings. The van der Waals surface area contributed by atoms with E-state index in [1.54, 1.807) is 19.1 Å². The highest BCUT2D eigenvalue weighted by Crippen LogP contribution is 2.33. The summed E-state index contributed by atoms with van der Waals surface area (Å²) in [6, 6.07) is 2.68. The molecule has 1 saturated heterocycles. The monoisotopic (exact) mass is 261 g/mol. The van der Waals surface area contributed by atoms with Crippen LogP contribution in [0.15, 0.2) is 18.2 Å². The van der Waals surface area contributed by atoms with Gasteiger partial charge in [-0.05, 0) is 43.4 Å². The van der Waals surface area contributed by atoms with Gasteiger partial charge in [0, 0.05) is 6.04 Å². The van der Waals surface area contributed by atoms with Crippen LogP contribution in [0.25, 0.3) is 0 Å². The molecule has 5 heteroatoms. The van der Waals surface area contributed by atoms with Gasteiger partial charge in [-0.3, -0.25) is 5.32 Å². The Morgan fingerprint density at radius 3 is 2.56 bits per heavy atom. The first-order chi connectivity index (χ1) is 8.38. The summed E-state index contributed by atoms with van der Waals surface area (Å²) >= 11 is 0. The Morgan fingerprint density at radius 1 is 1.22 bits per heavy atom. The van der Waals surface area contributed by atoms with Crippen molar-refractivity contribution in [3.05, 3.63) is 35.1 Å². The maximum Gasteiger partial charge on any atom is 0.403 e. The van der Waals surface area contributed by atoms with E-state index in [4.69, 9.17) is 0 Å². The molecule has 1 aromatic rings. The van der Waals surface area contributed by atoms with Gasteiger partial charge in [0.05, 0.1) is 0 Å². The number of alkyl halides is 3. The Labute approximate surface area is 103 Å². The lowest BCUT2D eigenvalue weighted by Gasteiger charge is -2.32. The molecular formula is C13H15F4N. The maximum atomic E-state index is 13.1. The molecule has 2 unspecified atom stereocenters. The van der Waals surface area contributed by atoms with Crippen LogP contribution in [0.4, 0.5) is 17.6 Å². The molecule has 2 rings (SSSR count). The third kappa shape index (κ3) is 2.83. The molecule has 18 heavy (non-hydrogen) atoms. The summed E-state index contributed by atoms with van der Waals surface area (Å²) in [5, 5.41) is 2.61. The topological polar surface area (TPSA) is 12.0 Å². The van der Waals surface area contributed by atoms with Crippen molar-refractivity contribution in [1.82, 2.24) is 5.32 Å². The van der Waals surface area contributed by atoms with Crippen molar-refractivity contribution in [3.8, 4) is 0 Å². The Balaban J connectivity index is 2.15. The minimum absolute atomic E-state index is 0.111. The van der Waals surface area contributed by atoms with Gasteiger partial charge in [-0.1, -0.05) is 12.1 Å². The smallest absolute Gasteiger partial charge is 0.299 e. The number of hydrogen-bond donors (Lipinski definition) is 1. The number of rotatable bonds is 1. The van der Waals surface area contributed by atoms with Crippen LogP contribution < -0.4 is 5.32 Å². The number of piperidine rings is 1. The van der Waals surface area contributed by atoms with Crippen molar-refractivity contribution in [2.45, 2.75) is 44.4 Å². The van der Waals surface area contributed by atoms with Crippen LogP contribution in [-0.4, -0.2) is 12.2 Å². The number of nitrogens with one attached hydrogen (secondary N) is 1. The van der Waals surface area contributed by atoms with Crippen molar-refractivity contribution < 1.29 is 17.6 Å². The second-order valence-corrected chi connectivity index (χ2v) is 4.75. The van der Waals surface area contributed by atoms with E-state index in [1.165, 1.54) is 6.07 Å². The first-order valence-corrected chi connectivity index (χ1v) is 5.97. The van der Waals surface area contributed by atoms with E-state index in [2.05, 4.69) is 5.32 Å². The highest BCUT2D eigenvalue weighted by molar-refractivity contribution is 5.27. The molecule has 1 aliphatic heterocycles. The average Bonchev–Trinajstić information content (AvgIpc) is 2.32. The standard InChI is InChI=1S/C13H15F4N/c1-8-7-9(5-6-10(8)14)11-3-2-4-12(18-11)13(15,16)17/h5-7,11-12,18H,2-4H2,1H3. The molecule has 0 aliphatic carbocycles. The summed E-state index contributed by atoms with van der Waals surface area (Å²) < 4.78 is 51.1. The quantitative estimate of drug-likeness (QED) is 0.756. The minimum atomic E-state index is -4.21. The molecule has 0 amide bonds. The van der Waals surface area contributed by atoms with Crippen LogP contribution >= 0.6 is 0 Å². The highest BCUT2D eigenvalue weighted by atomic mass is 19.4. The van der Waals surface area contributed by atoms with E-state index in [0.29, 0.717) is 18.4 Å². The number of benzene rings is 1. The summed E-state index contributed by atoms with van der Waals surface area (Å²) in [6.45, 7) is 1.61. The SMILES string of the molecule is Cc1cc(C2CCCC(C(F)(F)F)N2)ccc1F. The van der Waals surface area contributed by atoms with E-state index < -0.39 is 12.2 Å². The van der Waals surface area contributed by atoms with E-state index in [9.17, 15) is 17.6 Å². The summed E-state index contributed by atoms with van der Waals surface area (Å²) in [4.78, 5) is 0. The highest BCUT2D eigenvalue weighted by Gasteiger charge is 2.42. The summed E-state index contributed by atoms with van der Waals surface area (Å²) in [5.74, 6) is -0.332. The molecule has 0 bridgehead atoms. The molecule has 0 saturated carbocycles. The predicted octanol–water partition coefficient (Wildman–Crippen LogP) is 3.88. The summed E-state index contributed by atoms with van der Waals surface area (Å²) in [6.07, 6.45) is -2.93. The van der Waals surface area contributed by atoms with Crippen LogP contribution in [0.2, 0.25) is 0 Å². The fourth-order valence-corrected chi connectivity index (χ4v) is 2.34. The summed E-state index contributed by atoms with van der Waals surface area (Å²) in [5.41, 5.74) is 1.19. The van der Waals surface area contributed by atoms with Crippen LogP contribution in [-0.2, 0) is 0 Å². The van der Waals surface area contributed by atoms with Crippen LogP contribution in [0.5, 0.6) is 0 Å². The van der Waals surface area contributed by atoms with Crippen molar-refractivity contribution in [2.24, 2.45) is 0 Å². The molecule has 2 atom stereocenters. The molecule has 0 aromatic heterocycles. The van der Waals surface area contributed by atoms with Gasteiger partial charge in [-0.2, -0.15) is 13.2 Å².